The number of hydrogen-bond donors (Lipinski definition) is 0. The van der Waals surface area contributed by atoms with Gasteiger partial charge < -0.3 is 0 Å². The highest BCUT2D eigenvalue weighted by molar-refractivity contribution is 6.30. The molecule has 1 heterocycles. The van der Waals surface area contributed by atoms with E-state index in [9.17, 15) is 4.79 Å². The van der Waals surface area contributed by atoms with Crippen LogP contribution in [0.4, 0.5) is 0 Å². The van der Waals surface area contributed by atoms with Crippen LogP contribution < -0.4 is 0 Å². The molecule has 2 rings (SSSR count). The summed E-state index contributed by atoms with van der Waals surface area (Å²) in [6.45, 7) is 7.20. The number of carbonyl (C=O) groups is 1. The smallest absolute Gasteiger partial charge is 0.176 e. The molecular weight excluding hydrogens is 258 g/mol. The van der Waals surface area contributed by atoms with Gasteiger partial charge in [-0.3, -0.25) is 9.69 Å². The third-order valence-electron chi connectivity index (χ3n) is 4.45. The molecule has 1 saturated heterocycles. The number of nitrogens with zero attached hydrogens (tertiary/aromatic N) is 1. The standard InChI is InChI=1S/C16H22ClNO/c1-3-16(2)8-10-18(11-9-16)12-15(19)13-4-6-14(17)7-5-13/h4-7H,3,8-12H2,1-2H3. The lowest BCUT2D eigenvalue weighted by molar-refractivity contribution is 0.0813. The second kappa shape index (κ2) is 6.06. The molecule has 1 aliphatic rings. The molecule has 2 nitrogen and oxygen atoms in total. The van der Waals surface area contributed by atoms with Gasteiger partial charge in [-0.05, 0) is 55.6 Å². The second-order valence-electron chi connectivity index (χ2n) is 5.87. The summed E-state index contributed by atoms with van der Waals surface area (Å²) in [5.41, 5.74) is 1.23. The zero-order chi connectivity index (χ0) is 13.9. The van der Waals surface area contributed by atoms with Gasteiger partial charge in [0.15, 0.2) is 5.78 Å². The summed E-state index contributed by atoms with van der Waals surface area (Å²) in [5.74, 6) is 0.191. The molecule has 1 aromatic carbocycles. The first-order valence-corrected chi connectivity index (χ1v) is 7.41. The van der Waals surface area contributed by atoms with Crippen molar-refractivity contribution in [2.75, 3.05) is 19.6 Å². The van der Waals surface area contributed by atoms with Gasteiger partial charge in [0.1, 0.15) is 0 Å². The molecule has 1 aromatic rings. The Morgan fingerprint density at radius 1 is 1.26 bits per heavy atom. The van der Waals surface area contributed by atoms with E-state index in [1.165, 1.54) is 19.3 Å². The predicted molar refractivity (Wildman–Crippen MR) is 79.9 cm³/mol. The SMILES string of the molecule is CCC1(C)CCN(CC(=O)c2ccc(Cl)cc2)CC1. The lowest BCUT2D eigenvalue weighted by Gasteiger charge is -2.38. The highest BCUT2D eigenvalue weighted by Crippen LogP contribution is 2.33. The normalized spacial score (nSPS) is 19.3. The van der Waals surface area contributed by atoms with Crippen molar-refractivity contribution in [3.05, 3.63) is 34.9 Å². The largest absolute Gasteiger partial charge is 0.296 e. The van der Waals surface area contributed by atoms with Crippen molar-refractivity contribution >= 4 is 17.4 Å². The van der Waals surface area contributed by atoms with Gasteiger partial charge in [-0.1, -0.05) is 31.9 Å². The molecule has 0 aromatic heterocycles. The molecule has 1 fully saturated rings. The average molecular weight is 280 g/mol. The molecule has 0 unspecified atom stereocenters. The maximum Gasteiger partial charge on any atom is 0.176 e. The van der Waals surface area contributed by atoms with Gasteiger partial charge in [0.05, 0.1) is 6.54 Å². The van der Waals surface area contributed by atoms with Crippen molar-refractivity contribution in [2.45, 2.75) is 33.1 Å². The molecule has 0 aliphatic carbocycles. The number of halogens is 1. The van der Waals surface area contributed by atoms with Crippen LogP contribution in [0.15, 0.2) is 24.3 Å². The molecule has 0 radical (unpaired) electrons. The van der Waals surface area contributed by atoms with E-state index < -0.39 is 0 Å². The Morgan fingerprint density at radius 2 is 1.84 bits per heavy atom. The van der Waals surface area contributed by atoms with Crippen molar-refractivity contribution < 1.29 is 4.79 Å². The number of ketones is 1. The minimum atomic E-state index is 0.191. The highest BCUT2D eigenvalue weighted by atomic mass is 35.5. The second-order valence-corrected chi connectivity index (χ2v) is 6.31. The van der Waals surface area contributed by atoms with Gasteiger partial charge in [-0.2, -0.15) is 0 Å². The van der Waals surface area contributed by atoms with E-state index in [-0.39, 0.29) is 5.78 Å². The maximum absolute atomic E-state index is 12.2. The molecule has 0 N–H and O–H groups in total. The van der Waals surface area contributed by atoms with E-state index in [0.717, 1.165) is 18.7 Å². The molecular formula is C16H22ClNO. The van der Waals surface area contributed by atoms with E-state index >= 15 is 0 Å². The van der Waals surface area contributed by atoms with E-state index in [1.54, 1.807) is 12.1 Å². The van der Waals surface area contributed by atoms with Crippen molar-refractivity contribution in [3.8, 4) is 0 Å². The minimum absolute atomic E-state index is 0.191. The highest BCUT2D eigenvalue weighted by Gasteiger charge is 2.28. The van der Waals surface area contributed by atoms with Crippen LogP contribution in [-0.2, 0) is 0 Å². The quantitative estimate of drug-likeness (QED) is 0.776. The van der Waals surface area contributed by atoms with E-state index in [0.29, 0.717) is 17.0 Å². The number of Topliss-reactive ketones (excluding diaryl/α,β-unsaturated/α-hetero) is 1. The summed E-state index contributed by atoms with van der Waals surface area (Å²) >= 11 is 5.83. The molecule has 0 atom stereocenters. The Bertz CT molecular complexity index is 433. The Balaban J connectivity index is 1.89. The first kappa shape index (κ1) is 14.5. The molecule has 0 spiro atoms. The van der Waals surface area contributed by atoms with Gasteiger partial charge in [-0.15, -0.1) is 0 Å². The van der Waals surface area contributed by atoms with Crippen LogP contribution in [0.5, 0.6) is 0 Å². The van der Waals surface area contributed by atoms with Crippen LogP contribution in [0.2, 0.25) is 5.02 Å². The third kappa shape index (κ3) is 3.80. The monoisotopic (exact) mass is 279 g/mol. The van der Waals surface area contributed by atoms with Crippen LogP contribution >= 0.6 is 11.6 Å². The average Bonchev–Trinajstić information content (AvgIpc) is 2.42. The van der Waals surface area contributed by atoms with Crippen LogP contribution in [0, 0.1) is 5.41 Å². The number of hydrogen-bond acceptors (Lipinski definition) is 2. The van der Waals surface area contributed by atoms with Crippen LogP contribution in [0.25, 0.3) is 0 Å². The fraction of sp³-hybridized carbons (Fsp3) is 0.562. The van der Waals surface area contributed by atoms with Gasteiger partial charge in [0.2, 0.25) is 0 Å². The molecule has 0 amide bonds. The topological polar surface area (TPSA) is 20.3 Å². The molecule has 1 aliphatic heterocycles. The van der Waals surface area contributed by atoms with Crippen molar-refractivity contribution in [1.29, 1.82) is 0 Å². The molecule has 0 bridgehead atoms. The number of benzene rings is 1. The number of carbonyl (C=O) groups excluding carboxylic acids is 1. The van der Waals surface area contributed by atoms with Crippen LogP contribution in [0.3, 0.4) is 0 Å². The molecule has 19 heavy (non-hydrogen) atoms. The van der Waals surface area contributed by atoms with Crippen molar-refractivity contribution in [3.63, 3.8) is 0 Å². The lowest BCUT2D eigenvalue weighted by atomic mass is 9.78. The predicted octanol–water partition coefficient (Wildman–Crippen LogP) is 4.03. The van der Waals surface area contributed by atoms with Crippen LogP contribution in [0.1, 0.15) is 43.5 Å². The van der Waals surface area contributed by atoms with E-state index in [1.807, 2.05) is 12.1 Å². The summed E-state index contributed by atoms with van der Waals surface area (Å²) in [4.78, 5) is 14.4. The minimum Gasteiger partial charge on any atom is -0.296 e. The third-order valence-corrected chi connectivity index (χ3v) is 4.70. The van der Waals surface area contributed by atoms with Gasteiger partial charge in [0.25, 0.3) is 0 Å². The molecule has 0 saturated carbocycles. The van der Waals surface area contributed by atoms with Gasteiger partial charge >= 0.3 is 0 Å². The van der Waals surface area contributed by atoms with E-state index in [2.05, 4.69) is 18.7 Å². The maximum atomic E-state index is 12.2. The zero-order valence-electron chi connectivity index (χ0n) is 11.8. The fourth-order valence-corrected chi connectivity index (χ4v) is 2.66. The number of piperidine rings is 1. The van der Waals surface area contributed by atoms with E-state index in [4.69, 9.17) is 11.6 Å². The van der Waals surface area contributed by atoms with Gasteiger partial charge in [-0.25, -0.2) is 0 Å². The summed E-state index contributed by atoms with van der Waals surface area (Å²) in [5, 5.41) is 0.674. The first-order chi connectivity index (χ1) is 9.02. The Morgan fingerprint density at radius 3 is 2.37 bits per heavy atom. The molecule has 104 valence electrons. The number of likely N-dealkylation sites (tertiary alicyclic amines) is 1. The zero-order valence-corrected chi connectivity index (χ0v) is 12.5. The van der Waals surface area contributed by atoms with Crippen molar-refractivity contribution in [2.24, 2.45) is 5.41 Å². The van der Waals surface area contributed by atoms with Crippen LogP contribution in [-0.4, -0.2) is 30.3 Å². The summed E-state index contributed by atoms with van der Waals surface area (Å²) in [7, 11) is 0. The summed E-state index contributed by atoms with van der Waals surface area (Å²) < 4.78 is 0. The summed E-state index contributed by atoms with van der Waals surface area (Å²) in [6, 6.07) is 7.17. The first-order valence-electron chi connectivity index (χ1n) is 7.03. The van der Waals surface area contributed by atoms with Crippen molar-refractivity contribution in [1.82, 2.24) is 4.90 Å². The lowest BCUT2D eigenvalue weighted by Crippen LogP contribution is -2.40. The fourth-order valence-electron chi connectivity index (χ4n) is 2.53. The molecule has 3 heteroatoms. The van der Waals surface area contributed by atoms with Gasteiger partial charge in [0, 0.05) is 10.6 Å². The summed E-state index contributed by atoms with van der Waals surface area (Å²) in [6.07, 6.45) is 3.61. The Kier molecular flexibility index (Phi) is 4.64. The Labute approximate surface area is 120 Å². The number of rotatable bonds is 4. The Hall–Kier alpha value is -0.860.